The molecule has 0 unspecified atom stereocenters. The van der Waals surface area contributed by atoms with Crippen LogP contribution in [-0.4, -0.2) is 30.2 Å². The highest BCUT2D eigenvalue weighted by atomic mass is 19.4. The van der Waals surface area contributed by atoms with Gasteiger partial charge in [0.05, 0.1) is 18.4 Å². The van der Waals surface area contributed by atoms with E-state index in [1.54, 1.807) is 6.07 Å². The Labute approximate surface area is 137 Å². The van der Waals surface area contributed by atoms with Crippen LogP contribution in [0.15, 0.2) is 30.6 Å². The number of halogens is 3. The summed E-state index contributed by atoms with van der Waals surface area (Å²) in [6, 6.07) is 5.01. The van der Waals surface area contributed by atoms with E-state index in [2.05, 4.69) is 20.2 Å². The predicted molar refractivity (Wildman–Crippen MR) is 84.8 cm³/mol. The maximum Gasteiger partial charge on any atom is 0.416 e. The van der Waals surface area contributed by atoms with E-state index in [1.165, 1.54) is 19.5 Å². The first kappa shape index (κ1) is 16.4. The van der Waals surface area contributed by atoms with Crippen molar-refractivity contribution in [3.05, 3.63) is 36.2 Å². The lowest BCUT2D eigenvalue weighted by Crippen LogP contribution is -2.19. The molecule has 0 amide bonds. The zero-order chi connectivity index (χ0) is 17.2. The van der Waals surface area contributed by atoms with Gasteiger partial charge in [-0.1, -0.05) is 0 Å². The van der Waals surface area contributed by atoms with Crippen molar-refractivity contribution >= 4 is 17.3 Å². The Bertz CT molecular complexity index is 715. The number of anilines is 3. The van der Waals surface area contributed by atoms with Gasteiger partial charge in [0.15, 0.2) is 0 Å². The monoisotopic (exact) mass is 338 g/mol. The van der Waals surface area contributed by atoms with Crippen LogP contribution in [0.5, 0.6) is 5.75 Å². The van der Waals surface area contributed by atoms with Crippen LogP contribution in [0.25, 0.3) is 0 Å². The van der Waals surface area contributed by atoms with Crippen LogP contribution in [0.1, 0.15) is 18.4 Å². The molecule has 128 valence electrons. The molecule has 1 aliphatic rings. The van der Waals surface area contributed by atoms with Gasteiger partial charge in [-0.05, 0) is 31.0 Å². The average Bonchev–Trinajstić information content (AvgIpc) is 3.09. The number of rotatable bonds is 4. The Kier molecular flexibility index (Phi) is 4.46. The molecule has 2 aromatic rings. The number of hydrogen-bond acceptors (Lipinski definition) is 5. The molecule has 0 spiro atoms. The fraction of sp³-hybridized carbons (Fsp3) is 0.375. The number of aromatic nitrogens is 2. The van der Waals surface area contributed by atoms with Gasteiger partial charge in [0, 0.05) is 19.2 Å². The van der Waals surface area contributed by atoms with E-state index in [4.69, 9.17) is 4.74 Å². The fourth-order valence-corrected chi connectivity index (χ4v) is 2.65. The lowest BCUT2D eigenvalue weighted by molar-refractivity contribution is -0.137. The Hall–Kier alpha value is -2.51. The molecule has 1 N–H and O–H groups in total. The van der Waals surface area contributed by atoms with E-state index in [-0.39, 0.29) is 5.69 Å². The number of alkyl halides is 3. The third kappa shape index (κ3) is 3.52. The summed E-state index contributed by atoms with van der Waals surface area (Å²) >= 11 is 0. The van der Waals surface area contributed by atoms with E-state index < -0.39 is 11.7 Å². The maximum atomic E-state index is 12.9. The minimum absolute atomic E-state index is 0.207. The predicted octanol–water partition coefficient (Wildman–Crippen LogP) is 3.85. The van der Waals surface area contributed by atoms with Gasteiger partial charge in [0.1, 0.15) is 23.7 Å². The number of methoxy groups -OCH3 is 1. The van der Waals surface area contributed by atoms with Crippen LogP contribution in [0.2, 0.25) is 0 Å². The van der Waals surface area contributed by atoms with Crippen LogP contribution < -0.4 is 15.0 Å². The molecule has 3 rings (SSSR count). The Morgan fingerprint density at radius 3 is 2.54 bits per heavy atom. The second-order valence-corrected chi connectivity index (χ2v) is 5.49. The highest BCUT2D eigenvalue weighted by Crippen LogP contribution is 2.36. The van der Waals surface area contributed by atoms with Crippen molar-refractivity contribution in [2.24, 2.45) is 0 Å². The van der Waals surface area contributed by atoms with Crippen molar-refractivity contribution in [1.82, 2.24) is 9.97 Å². The summed E-state index contributed by atoms with van der Waals surface area (Å²) in [6.45, 7) is 1.84. The standard InChI is InChI=1S/C16H17F3N4O/c1-24-13-5-4-11(16(17,18)19)8-12(13)22-14-9-15(21-10-20-14)23-6-2-3-7-23/h4-5,8-10H,2-3,6-7H2,1H3,(H,20,21,22). The van der Waals surface area contributed by atoms with Crippen LogP contribution in [-0.2, 0) is 6.18 Å². The minimum atomic E-state index is -4.42. The van der Waals surface area contributed by atoms with Crippen molar-refractivity contribution in [3.63, 3.8) is 0 Å². The normalized spacial score (nSPS) is 14.8. The highest BCUT2D eigenvalue weighted by Gasteiger charge is 2.31. The number of ether oxygens (including phenoxy) is 1. The largest absolute Gasteiger partial charge is 0.495 e. The molecule has 1 fully saturated rings. The van der Waals surface area contributed by atoms with Crippen molar-refractivity contribution in [2.75, 3.05) is 30.4 Å². The van der Waals surface area contributed by atoms with Crippen molar-refractivity contribution < 1.29 is 17.9 Å². The Morgan fingerprint density at radius 2 is 1.88 bits per heavy atom. The summed E-state index contributed by atoms with van der Waals surface area (Å²) in [5, 5.41) is 2.90. The molecule has 0 saturated carbocycles. The zero-order valence-electron chi connectivity index (χ0n) is 13.1. The molecule has 0 radical (unpaired) electrons. The molecule has 2 heterocycles. The van der Waals surface area contributed by atoms with Crippen LogP contribution >= 0.6 is 0 Å². The van der Waals surface area contributed by atoms with Crippen molar-refractivity contribution in [2.45, 2.75) is 19.0 Å². The average molecular weight is 338 g/mol. The first-order valence-corrected chi connectivity index (χ1v) is 7.56. The molecular weight excluding hydrogens is 321 g/mol. The smallest absolute Gasteiger partial charge is 0.416 e. The van der Waals surface area contributed by atoms with Crippen molar-refractivity contribution in [1.29, 1.82) is 0 Å². The quantitative estimate of drug-likeness (QED) is 0.918. The molecular formula is C16H17F3N4O. The second kappa shape index (κ2) is 6.54. The molecule has 1 aromatic heterocycles. The van der Waals surface area contributed by atoms with Crippen LogP contribution in [0.3, 0.4) is 0 Å². The number of hydrogen-bond donors (Lipinski definition) is 1. The van der Waals surface area contributed by atoms with Gasteiger partial charge in [-0.3, -0.25) is 0 Å². The highest BCUT2D eigenvalue weighted by molar-refractivity contribution is 5.66. The van der Waals surface area contributed by atoms with E-state index in [0.717, 1.165) is 43.9 Å². The van der Waals surface area contributed by atoms with Crippen LogP contribution in [0, 0.1) is 0 Å². The third-order valence-corrected chi connectivity index (χ3v) is 3.87. The van der Waals surface area contributed by atoms with Crippen LogP contribution in [0.4, 0.5) is 30.5 Å². The molecule has 5 nitrogen and oxygen atoms in total. The van der Waals surface area contributed by atoms with E-state index in [0.29, 0.717) is 11.6 Å². The molecule has 24 heavy (non-hydrogen) atoms. The Morgan fingerprint density at radius 1 is 1.12 bits per heavy atom. The number of nitrogens with one attached hydrogen (secondary N) is 1. The maximum absolute atomic E-state index is 12.9. The lowest BCUT2D eigenvalue weighted by Gasteiger charge is -2.17. The molecule has 0 bridgehead atoms. The van der Waals surface area contributed by atoms with Gasteiger partial charge in [0.25, 0.3) is 0 Å². The molecule has 1 saturated heterocycles. The third-order valence-electron chi connectivity index (χ3n) is 3.87. The van der Waals surface area contributed by atoms with Gasteiger partial charge < -0.3 is 15.0 Å². The summed E-state index contributed by atoms with van der Waals surface area (Å²) in [5.74, 6) is 1.49. The molecule has 1 aromatic carbocycles. The number of benzene rings is 1. The minimum Gasteiger partial charge on any atom is -0.495 e. The topological polar surface area (TPSA) is 50.3 Å². The fourth-order valence-electron chi connectivity index (χ4n) is 2.65. The number of nitrogens with zero attached hydrogens (tertiary/aromatic N) is 3. The summed E-state index contributed by atoms with van der Waals surface area (Å²) in [7, 11) is 1.41. The van der Waals surface area contributed by atoms with Gasteiger partial charge in [0.2, 0.25) is 0 Å². The van der Waals surface area contributed by atoms with Gasteiger partial charge in [-0.15, -0.1) is 0 Å². The molecule has 0 aliphatic carbocycles. The zero-order valence-corrected chi connectivity index (χ0v) is 13.1. The van der Waals surface area contributed by atoms with E-state index >= 15 is 0 Å². The van der Waals surface area contributed by atoms with Gasteiger partial charge in [-0.2, -0.15) is 13.2 Å². The van der Waals surface area contributed by atoms with E-state index in [9.17, 15) is 13.2 Å². The van der Waals surface area contributed by atoms with E-state index in [1.807, 2.05) is 0 Å². The molecule has 1 aliphatic heterocycles. The molecule has 0 atom stereocenters. The summed E-state index contributed by atoms with van der Waals surface area (Å²) in [6.07, 6.45) is -0.812. The SMILES string of the molecule is COc1ccc(C(F)(F)F)cc1Nc1cc(N2CCCC2)ncn1. The first-order chi connectivity index (χ1) is 11.5. The first-order valence-electron chi connectivity index (χ1n) is 7.56. The molecule has 8 heteroatoms. The van der Waals surface area contributed by atoms with Gasteiger partial charge in [-0.25, -0.2) is 9.97 Å². The Balaban J connectivity index is 1.88. The summed E-state index contributed by atoms with van der Waals surface area (Å²) < 4.78 is 43.9. The second-order valence-electron chi connectivity index (χ2n) is 5.49. The summed E-state index contributed by atoms with van der Waals surface area (Å²) in [5.41, 5.74) is -0.544. The van der Waals surface area contributed by atoms with Crippen molar-refractivity contribution in [3.8, 4) is 5.75 Å². The lowest BCUT2D eigenvalue weighted by atomic mass is 10.1. The summed E-state index contributed by atoms with van der Waals surface area (Å²) in [4.78, 5) is 10.4. The van der Waals surface area contributed by atoms with Gasteiger partial charge >= 0.3 is 6.18 Å².